The van der Waals surface area contributed by atoms with Crippen LogP contribution in [0.3, 0.4) is 0 Å². The van der Waals surface area contributed by atoms with Crippen molar-refractivity contribution in [1.82, 2.24) is 24.5 Å². The van der Waals surface area contributed by atoms with Crippen molar-refractivity contribution < 1.29 is 4.79 Å². The summed E-state index contributed by atoms with van der Waals surface area (Å²) in [6, 6.07) is 5.76. The van der Waals surface area contributed by atoms with Crippen LogP contribution in [-0.2, 0) is 6.54 Å². The number of nitrogens with one attached hydrogen (secondary N) is 1. The van der Waals surface area contributed by atoms with Gasteiger partial charge in [-0.25, -0.2) is 4.98 Å². The summed E-state index contributed by atoms with van der Waals surface area (Å²) < 4.78 is 1.91. The maximum atomic E-state index is 12.2. The molecule has 3 heterocycles. The Hall–Kier alpha value is -2.34. The van der Waals surface area contributed by atoms with E-state index in [2.05, 4.69) is 15.2 Å². The second-order valence-corrected chi connectivity index (χ2v) is 4.86. The number of carbonyl (C=O) groups excluding carboxylic acids is 1. The van der Waals surface area contributed by atoms with E-state index >= 15 is 0 Å². The van der Waals surface area contributed by atoms with Gasteiger partial charge in [0, 0.05) is 19.4 Å². The molecule has 0 fully saturated rings. The third-order valence-electron chi connectivity index (χ3n) is 2.97. The predicted octanol–water partition coefficient (Wildman–Crippen LogP) is 1.98. The lowest BCUT2D eigenvalue weighted by Gasteiger charge is -2.14. The number of imidazole rings is 1. The van der Waals surface area contributed by atoms with E-state index in [0.717, 1.165) is 11.3 Å². The van der Waals surface area contributed by atoms with E-state index in [0.29, 0.717) is 11.6 Å². The molecule has 0 unspecified atom stereocenters. The highest BCUT2D eigenvalue weighted by Crippen LogP contribution is 2.15. The lowest BCUT2D eigenvalue weighted by molar-refractivity contribution is 0.0778. The molecular formula is C13H12ClN5O. The van der Waals surface area contributed by atoms with Crippen LogP contribution in [0.25, 0.3) is 5.65 Å². The number of amides is 1. The Morgan fingerprint density at radius 3 is 3.05 bits per heavy atom. The molecule has 102 valence electrons. The van der Waals surface area contributed by atoms with Crippen molar-refractivity contribution in [2.45, 2.75) is 6.54 Å². The van der Waals surface area contributed by atoms with E-state index in [1.54, 1.807) is 11.9 Å². The first kappa shape index (κ1) is 12.7. The standard InChI is InChI=1S/C13H12ClN5O/c1-18(13(20)12-10(14)6-15-17-12)7-9-8-19-5-3-2-4-11(19)16-9/h2-6,8H,7H2,1H3,(H,15,17). The van der Waals surface area contributed by atoms with Gasteiger partial charge in [-0.15, -0.1) is 0 Å². The van der Waals surface area contributed by atoms with Crippen LogP contribution in [0.4, 0.5) is 0 Å². The summed E-state index contributed by atoms with van der Waals surface area (Å²) in [6.07, 6.45) is 5.22. The summed E-state index contributed by atoms with van der Waals surface area (Å²) in [4.78, 5) is 18.2. The second-order valence-electron chi connectivity index (χ2n) is 4.45. The number of nitrogens with zero attached hydrogens (tertiary/aromatic N) is 4. The van der Waals surface area contributed by atoms with E-state index < -0.39 is 0 Å². The monoisotopic (exact) mass is 289 g/mol. The molecule has 0 saturated carbocycles. The zero-order chi connectivity index (χ0) is 14.1. The first-order chi connectivity index (χ1) is 9.65. The molecule has 0 aliphatic heterocycles. The number of H-pyrrole nitrogens is 1. The van der Waals surface area contributed by atoms with Gasteiger partial charge < -0.3 is 9.30 Å². The highest BCUT2D eigenvalue weighted by Gasteiger charge is 2.18. The van der Waals surface area contributed by atoms with Gasteiger partial charge in [0.15, 0.2) is 0 Å². The van der Waals surface area contributed by atoms with Crippen molar-refractivity contribution in [3.8, 4) is 0 Å². The number of carbonyl (C=O) groups is 1. The van der Waals surface area contributed by atoms with E-state index in [9.17, 15) is 4.79 Å². The van der Waals surface area contributed by atoms with Crippen LogP contribution in [0.5, 0.6) is 0 Å². The van der Waals surface area contributed by atoms with Gasteiger partial charge in [0.25, 0.3) is 5.91 Å². The van der Waals surface area contributed by atoms with Crippen molar-refractivity contribution in [3.63, 3.8) is 0 Å². The maximum Gasteiger partial charge on any atom is 0.273 e. The smallest absolute Gasteiger partial charge is 0.273 e. The minimum atomic E-state index is -0.218. The number of halogens is 1. The van der Waals surface area contributed by atoms with Gasteiger partial charge in [-0.1, -0.05) is 17.7 Å². The van der Waals surface area contributed by atoms with Gasteiger partial charge >= 0.3 is 0 Å². The van der Waals surface area contributed by atoms with E-state index in [4.69, 9.17) is 11.6 Å². The van der Waals surface area contributed by atoms with Crippen LogP contribution in [-0.4, -0.2) is 37.4 Å². The Kier molecular flexibility index (Phi) is 3.15. The number of hydrogen-bond acceptors (Lipinski definition) is 3. The average molecular weight is 290 g/mol. The molecule has 0 saturated heterocycles. The lowest BCUT2D eigenvalue weighted by atomic mass is 10.3. The fraction of sp³-hybridized carbons (Fsp3) is 0.154. The van der Waals surface area contributed by atoms with E-state index in [-0.39, 0.29) is 11.6 Å². The Bertz CT molecular complexity index is 730. The van der Waals surface area contributed by atoms with Gasteiger partial charge in [-0.05, 0) is 12.1 Å². The quantitative estimate of drug-likeness (QED) is 0.802. The number of fused-ring (bicyclic) bond motifs is 1. The summed E-state index contributed by atoms with van der Waals surface area (Å²) in [7, 11) is 1.70. The molecule has 0 aliphatic carbocycles. The minimum Gasteiger partial charge on any atom is -0.334 e. The van der Waals surface area contributed by atoms with Crippen molar-refractivity contribution in [2.24, 2.45) is 0 Å². The van der Waals surface area contributed by atoms with Crippen molar-refractivity contribution in [3.05, 3.63) is 53.2 Å². The zero-order valence-corrected chi connectivity index (χ0v) is 11.5. The van der Waals surface area contributed by atoms with Crippen molar-refractivity contribution >= 4 is 23.2 Å². The minimum absolute atomic E-state index is 0.218. The molecular weight excluding hydrogens is 278 g/mol. The van der Waals surface area contributed by atoms with Gasteiger partial charge in [0.05, 0.1) is 23.5 Å². The molecule has 3 aromatic heterocycles. The molecule has 3 rings (SSSR count). The number of hydrogen-bond donors (Lipinski definition) is 1. The predicted molar refractivity (Wildman–Crippen MR) is 74.6 cm³/mol. The van der Waals surface area contributed by atoms with Crippen LogP contribution < -0.4 is 0 Å². The summed E-state index contributed by atoms with van der Waals surface area (Å²) >= 11 is 5.88. The molecule has 0 atom stereocenters. The number of pyridine rings is 1. The van der Waals surface area contributed by atoms with Gasteiger partial charge in [-0.2, -0.15) is 5.10 Å². The van der Waals surface area contributed by atoms with Crippen LogP contribution in [0.1, 0.15) is 16.2 Å². The topological polar surface area (TPSA) is 66.3 Å². The molecule has 0 radical (unpaired) electrons. The second kappa shape index (κ2) is 4.97. The largest absolute Gasteiger partial charge is 0.334 e. The van der Waals surface area contributed by atoms with Crippen molar-refractivity contribution in [1.29, 1.82) is 0 Å². The molecule has 6 nitrogen and oxygen atoms in total. The van der Waals surface area contributed by atoms with Crippen LogP contribution in [0, 0.1) is 0 Å². The van der Waals surface area contributed by atoms with E-state index in [1.165, 1.54) is 6.20 Å². The molecule has 3 aromatic rings. The highest BCUT2D eigenvalue weighted by molar-refractivity contribution is 6.33. The third kappa shape index (κ3) is 2.25. The molecule has 1 N–H and O–H groups in total. The summed E-state index contributed by atoms with van der Waals surface area (Å²) in [5.74, 6) is -0.218. The Morgan fingerprint density at radius 2 is 2.35 bits per heavy atom. The fourth-order valence-corrected chi connectivity index (χ4v) is 2.16. The first-order valence-corrected chi connectivity index (χ1v) is 6.40. The molecule has 0 aliphatic rings. The molecule has 1 amide bonds. The Balaban J connectivity index is 1.80. The average Bonchev–Trinajstić information content (AvgIpc) is 3.03. The van der Waals surface area contributed by atoms with Gasteiger partial charge in [-0.3, -0.25) is 9.89 Å². The number of aromatic nitrogens is 4. The summed E-state index contributed by atoms with van der Waals surface area (Å²) in [5, 5.41) is 6.66. The normalized spacial score (nSPS) is 10.9. The van der Waals surface area contributed by atoms with Crippen LogP contribution in [0.2, 0.25) is 5.02 Å². The SMILES string of the molecule is CN(Cc1cn2ccccc2n1)C(=O)c1[nH]ncc1Cl. The Morgan fingerprint density at radius 1 is 1.50 bits per heavy atom. The Labute approximate surface area is 120 Å². The molecule has 7 heteroatoms. The molecule has 20 heavy (non-hydrogen) atoms. The zero-order valence-electron chi connectivity index (χ0n) is 10.7. The van der Waals surface area contributed by atoms with E-state index in [1.807, 2.05) is 35.0 Å². The third-order valence-corrected chi connectivity index (χ3v) is 3.25. The van der Waals surface area contributed by atoms with Gasteiger partial charge in [0.1, 0.15) is 11.3 Å². The summed E-state index contributed by atoms with van der Waals surface area (Å²) in [6.45, 7) is 0.399. The fourth-order valence-electron chi connectivity index (χ4n) is 1.99. The van der Waals surface area contributed by atoms with Crippen LogP contribution >= 0.6 is 11.6 Å². The first-order valence-electron chi connectivity index (χ1n) is 6.02. The number of aromatic amines is 1. The lowest BCUT2D eigenvalue weighted by Crippen LogP contribution is -2.26. The molecule has 0 bridgehead atoms. The summed E-state index contributed by atoms with van der Waals surface area (Å²) in [5.41, 5.74) is 1.95. The van der Waals surface area contributed by atoms with Crippen LogP contribution in [0.15, 0.2) is 36.8 Å². The number of rotatable bonds is 3. The maximum absolute atomic E-state index is 12.2. The highest BCUT2D eigenvalue weighted by atomic mass is 35.5. The van der Waals surface area contributed by atoms with Crippen molar-refractivity contribution in [2.75, 3.05) is 7.05 Å². The molecule has 0 aromatic carbocycles. The molecule has 0 spiro atoms. The van der Waals surface area contributed by atoms with Gasteiger partial charge in [0.2, 0.25) is 0 Å².